The summed E-state index contributed by atoms with van der Waals surface area (Å²) >= 11 is 1.73. The Labute approximate surface area is 147 Å². The summed E-state index contributed by atoms with van der Waals surface area (Å²) in [5.41, 5.74) is 0. The van der Waals surface area contributed by atoms with Crippen molar-refractivity contribution < 1.29 is 9.59 Å². The third-order valence-corrected chi connectivity index (χ3v) is 6.07. The normalized spacial score (nSPS) is 23.0. The summed E-state index contributed by atoms with van der Waals surface area (Å²) in [6.07, 6.45) is 6.79. The number of thiophene rings is 1. The molecule has 1 aromatic heterocycles. The Morgan fingerprint density at radius 1 is 1.25 bits per heavy atom. The van der Waals surface area contributed by atoms with Gasteiger partial charge in [0.2, 0.25) is 5.91 Å². The first-order valence-electron chi connectivity index (χ1n) is 8.99. The number of urea groups is 1. The van der Waals surface area contributed by atoms with Crippen molar-refractivity contribution in [2.45, 2.75) is 57.5 Å². The van der Waals surface area contributed by atoms with Gasteiger partial charge in [-0.15, -0.1) is 11.3 Å². The second-order valence-corrected chi connectivity index (χ2v) is 7.95. The van der Waals surface area contributed by atoms with Gasteiger partial charge in [0.25, 0.3) is 0 Å². The van der Waals surface area contributed by atoms with Crippen molar-refractivity contribution in [2.75, 3.05) is 13.1 Å². The summed E-state index contributed by atoms with van der Waals surface area (Å²) < 4.78 is 0. The molecule has 3 amide bonds. The van der Waals surface area contributed by atoms with Crippen LogP contribution in [0, 0.1) is 5.92 Å². The molecule has 6 heteroatoms. The maximum atomic E-state index is 12.8. The molecule has 1 saturated carbocycles. The molecule has 1 saturated heterocycles. The van der Waals surface area contributed by atoms with Crippen molar-refractivity contribution in [3.63, 3.8) is 0 Å². The van der Waals surface area contributed by atoms with Crippen molar-refractivity contribution in [2.24, 2.45) is 5.92 Å². The molecule has 2 heterocycles. The number of likely N-dealkylation sites (tertiary alicyclic amines) is 1. The largest absolute Gasteiger partial charge is 0.352 e. The highest BCUT2D eigenvalue weighted by atomic mass is 32.1. The number of carbonyl (C=O) groups excluding carboxylic acids is 2. The zero-order valence-electron chi connectivity index (χ0n) is 14.3. The molecule has 1 aliphatic carbocycles. The van der Waals surface area contributed by atoms with Gasteiger partial charge in [-0.3, -0.25) is 4.79 Å². The van der Waals surface area contributed by atoms with Crippen molar-refractivity contribution in [1.29, 1.82) is 0 Å². The van der Waals surface area contributed by atoms with Gasteiger partial charge in [-0.05, 0) is 43.0 Å². The van der Waals surface area contributed by atoms with Gasteiger partial charge < -0.3 is 15.5 Å². The maximum absolute atomic E-state index is 12.8. The van der Waals surface area contributed by atoms with Crippen LogP contribution in [0.5, 0.6) is 0 Å². The monoisotopic (exact) mass is 349 g/mol. The minimum atomic E-state index is -0.0234. The fourth-order valence-electron chi connectivity index (χ4n) is 3.97. The summed E-state index contributed by atoms with van der Waals surface area (Å²) in [5, 5.41) is 8.31. The van der Waals surface area contributed by atoms with Crippen LogP contribution >= 0.6 is 11.3 Å². The molecule has 2 aliphatic rings. The van der Waals surface area contributed by atoms with Crippen molar-refractivity contribution in [1.82, 2.24) is 15.5 Å². The number of piperidine rings is 1. The molecule has 24 heavy (non-hydrogen) atoms. The Balaban J connectivity index is 1.63. The zero-order valence-corrected chi connectivity index (χ0v) is 15.1. The van der Waals surface area contributed by atoms with Crippen molar-refractivity contribution in [3.05, 3.63) is 22.4 Å². The minimum absolute atomic E-state index is 0.00959. The van der Waals surface area contributed by atoms with E-state index >= 15 is 0 Å². The number of carbonyl (C=O) groups is 2. The molecule has 2 fully saturated rings. The highest BCUT2D eigenvalue weighted by Crippen LogP contribution is 2.37. The van der Waals surface area contributed by atoms with E-state index < -0.39 is 0 Å². The van der Waals surface area contributed by atoms with Gasteiger partial charge in [0.15, 0.2) is 0 Å². The van der Waals surface area contributed by atoms with Gasteiger partial charge >= 0.3 is 6.03 Å². The van der Waals surface area contributed by atoms with E-state index in [1.54, 1.807) is 11.3 Å². The van der Waals surface area contributed by atoms with Crippen LogP contribution in [0.1, 0.15) is 56.4 Å². The van der Waals surface area contributed by atoms with Crippen LogP contribution < -0.4 is 10.6 Å². The molecule has 5 nitrogen and oxygen atoms in total. The fraction of sp³-hybridized carbons (Fsp3) is 0.667. The predicted octanol–water partition coefficient (Wildman–Crippen LogP) is 3.29. The average Bonchev–Trinajstić information content (AvgIpc) is 3.25. The number of hydrogen-bond donors (Lipinski definition) is 2. The van der Waals surface area contributed by atoms with Crippen LogP contribution in [-0.2, 0) is 4.79 Å². The van der Waals surface area contributed by atoms with Crippen LogP contribution in [0.15, 0.2) is 17.5 Å². The Hall–Kier alpha value is -1.56. The van der Waals surface area contributed by atoms with Crippen molar-refractivity contribution >= 4 is 23.3 Å². The number of amides is 3. The Kier molecular flexibility index (Phi) is 5.76. The Morgan fingerprint density at radius 2 is 2.04 bits per heavy atom. The molecule has 0 radical (unpaired) electrons. The molecule has 0 spiro atoms. The van der Waals surface area contributed by atoms with E-state index in [9.17, 15) is 9.59 Å². The number of rotatable bonds is 4. The molecule has 0 aromatic carbocycles. The quantitative estimate of drug-likeness (QED) is 0.876. The molecule has 1 aliphatic heterocycles. The first-order chi connectivity index (χ1) is 11.6. The van der Waals surface area contributed by atoms with Crippen LogP contribution in [0.2, 0.25) is 0 Å². The third-order valence-electron chi connectivity index (χ3n) is 5.12. The van der Waals surface area contributed by atoms with Gasteiger partial charge in [0, 0.05) is 30.9 Å². The molecule has 2 N–H and O–H groups in total. The van der Waals surface area contributed by atoms with Crippen LogP contribution in [0.25, 0.3) is 0 Å². The van der Waals surface area contributed by atoms with Gasteiger partial charge in [-0.1, -0.05) is 18.9 Å². The van der Waals surface area contributed by atoms with Gasteiger partial charge in [-0.25, -0.2) is 4.79 Å². The summed E-state index contributed by atoms with van der Waals surface area (Å²) in [4.78, 5) is 27.2. The average molecular weight is 350 g/mol. The smallest absolute Gasteiger partial charge is 0.317 e. The number of nitrogens with one attached hydrogen (secondary N) is 2. The lowest BCUT2D eigenvalue weighted by Gasteiger charge is -2.35. The molecule has 3 rings (SSSR count). The van der Waals surface area contributed by atoms with Gasteiger partial charge in [-0.2, -0.15) is 0 Å². The zero-order chi connectivity index (χ0) is 16.9. The highest BCUT2D eigenvalue weighted by molar-refractivity contribution is 7.10. The van der Waals surface area contributed by atoms with Gasteiger partial charge in [0.05, 0.1) is 6.04 Å². The number of nitrogens with zero attached hydrogens (tertiary/aromatic N) is 1. The first-order valence-corrected chi connectivity index (χ1v) is 9.87. The molecular formula is C18H27N3O2S. The maximum Gasteiger partial charge on any atom is 0.317 e. The standard InChI is InChI=1S/C18H27N3O2S/c1-13(22)19-15-8-4-10-21(12-15)18(23)20-17(14-6-2-3-7-14)16-9-5-11-24-16/h5,9,11,14-15,17H,2-4,6-8,10,12H2,1H3,(H,19,22)(H,20,23)/t15-,17-/m1/s1. The molecule has 1 aromatic rings. The van der Waals surface area contributed by atoms with Crippen molar-refractivity contribution in [3.8, 4) is 0 Å². The topological polar surface area (TPSA) is 61.4 Å². The molecule has 0 bridgehead atoms. The first kappa shape index (κ1) is 17.3. The number of hydrogen-bond acceptors (Lipinski definition) is 3. The van der Waals surface area contributed by atoms with Gasteiger partial charge in [0.1, 0.15) is 0 Å². The van der Waals surface area contributed by atoms with E-state index in [0.29, 0.717) is 12.5 Å². The lowest BCUT2D eigenvalue weighted by Crippen LogP contribution is -2.52. The lowest BCUT2D eigenvalue weighted by atomic mass is 9.96. The van der Waals surface area contributed by atoms with E-state index in [2.05, 4.69) is 28.1 Å². The second-order valence-electron chi connectivity index (χ2n) is 6.97. The minimum Gasteiger partial charge on any atom is -0.352 e. The molecule has 2 atom stereocenters. The van der Waals surface area contributed by atoms with E-state index in [1.807, 2.05) is 4.90 Å². The van der Waals surface area contributed by atoms with E-state index in [0.717, 1.165) is 19.4 Å². The Morgan fingerprint density at radius 3 is 2.71 bits per heavy atom. The third kappa shape index (κ3) is 4.29. The molecule has 0 unspecified atom stereocenters. The summed E-state index contributed by atoms with van der Waals surface area (Å²) in [6, 6.07) is 4.40. The van der Waals surface area contributed by atoms with Crippen LogP contribution in [0.4, 0.5) is 4.79 Å². The Bertz CT molecular complexity index is 555. The second kappa shape index (κ2) is 8.01. The molecular weight excluding hydrogens is 322 g/mol. The van der Waals surface area contributed by atoms with E-state index in [4.69, 9.17) is 0 Å². The highest BCUT2D eigenvalue weighted by Gasteiger charge is 2.31. The fourth-order valence-corrected chi connectivity index (χ4v) is 4.84. The van der Waals surface area contributed by atoms with E-state index in [-0.39, 0.29) is 24.0 Å². The lowest BCUT2D eigenvalue weighted by molar-refractivity contribution is -0.119. The summed E-state index contributed by atoms with van der Waals surface area (Å²) in [6.45, 7) is 2.91. The predicted molar refractivity (Wildman–Crippen MR) is 96.0 cm³/mol. The van der Waals surface area contributed by atoms with Crippen LogP contribution in [0.3, 0.4) is 0 Å². The van der Waals surface area contributed by atoms with E-state index in [1.165, 1.54) is 37.5 Å². The SMILES string of the molecule is CC(=O)N[C@@H]1CCCN(C(=O)N[C@@H](c2cccs2)C2CCCC2)C1. The summed E-state index contributed by atoms with van der Waals surface area (Å²) in [5.74, 6) is 0.521. The summed E-state index contributed by atoms with van der Waals surface area (Å²) in [7, 11) is 0. The van der Waals surface area contributed by atoms with Crippen LogP contribution in [-0.4, -0.2) is 36.0 Å². The molecule has 132 valence electrons.